The Balaban J connectivity index is 1.95. The maximum absolute atomic E-state index is 9.85. The van der Waals surface area contributed by atoms with Crippen LogP contribution < -0.4 is 0 Å². The van der Waals surface area contributed by atoms with Crippen LogP contribution in [0.4, 0.5) is 0 Å². The van der Waals surface area contributed by atoms with E-state index in [4.69, 9.17) is 14.6 Å². The summed E-state index contributed by atoms with van der Waals surface area (Å²) in [5, 5.41) is 28.5. The van der Waals surface area contributed by atoms with E-state index in [1.165, 1.54) is 51.4 Å². The molecule has 1 aliphatic rings. The minimum absolute atomic E-state index is 0.152. The molecule has 0 amide bonds. The molecule has 1 saturated heterocycles. The molecule has 1 aliphatic heterocycles. The first-order valence-electron chi connectivity index (χ1n) is 10.1. The predicted octanol–water partition coefficient (Wildman–Crippen LogP) is 2.96. The highest BCUT2D eigenvalue weighted by molar-refractivity contribution is 4.89. The number of ether oxygens (including phenoxy) is 2. The third kappa shape index (κ3) is 9.71. The van der Waals surface area contributed by atoms with E-state index in [0.29, 0.717) is 6.61 Å². The zero-order valence-electron chi connectivity index (χ0n) is 15.8. The summed E-state index contributed by atoms with van der Waals surface area (Å²) in [6, 6.07) is 0. The molecule has 0 spiro atoms. The van der Waals surface area contributed by atoms with Crippen LogP contribution in [0.2, 0.25) is 0 Å². The zero-order valence-corrected chi connectivity index (χ0v) is 15.8. The topological polar surface area (TPSA) is 79.2 Å². The van der Waals surface area contributed by atoms with Crippen LogP contribution in [-0.4, -0.2) is 59.6 Å². The van der Waals surface area contributed by atoms with Gasteiger partial charge in [0, 0.05) is 6.61 Å². The van der Waals surface area contributed by atoms with Gasteiger partial charge in [-0.05, 0) is 25.7 Å². The van der Waals surface area contributed by atoms with Gasteiger partial charge in [-0.15, -0.1) is 0 Å². The molecule has 3 N–H and O–H groups in total. The summed E-state index contributed by atoms with van der Waals surface area (Å²) in [6.07, 6.45) is 13.8. The molecular formula is C20H38O5. The zero-order chi connectivity index (χ0) is 18.3. The number of aliphatic hydroxyl groups excluding tert-OH is 3. The van der Waals surface area contributed by atoms with Crippen LogP contribution in [0.5, 0.6) is 0 Å². The highest BCUT2D eigenvalue weighted by atomic mass is 16.6. The Morgan fingerprint density at radius 2 is 1.68 bits per heavy atom. The van der Waals surface area contributed by atoms with Crippen LogP contribution in [-0.2, 0) is 9.47 Å². The SMILES string of the molecule is CCCC/C=C/CCCCCCCCO[C@H]1[C@@H]([C@@H](O)CO)OC[C@H]1O. The summed E-state index contributed by atoms with van der Waals surface area (Å²) < 4.78 is 11.0. The molecular weight excluding hydrogens is 320 g/mol. The molecule has 0 aromatic rings. The second kappa shape index (κ2) is 14.7. The van der Waals surface area contributed by atoms with Gasteiger partial charge in [0.2, 0.25) is 0 Å². The quantitative estimate of drug-likeness (QED) is 0.310. The average Bonchev–Trinajstić information content (AvgIpc) is 2.99. The molecule has 25 heavy (non-hydrogen) atoms. The largest absolute Gasteiger partial charge is 0.394 e. The van der Waals surface area contributed by atoms with Crippen LogP contribution in [0.3, 0.4) is 0 Å². The van der Waals surface area contributed by atoms with Crippen molar-refractivity contribution in [3.63, 3.8) is 0 Å². The lowest BCUT2D eigenvalue weighted by atomic mass is 10.1. The Labute approximate surface area is 153 Å². The molecule has 0 unspecified atom stereocenters. The smallest absolute Gasteiger partial charge is 0.114 e. The molecule has 0 radical (unpaired) electrons. The van der Waals surface area contributed by atoms with Crippen molar-refractivity contribution in [2.75, 3.05) is 19.8 Å². The van der Waals surface area contributed by atoms with Crippen LogP contribution in [0.25, 0.3) is 0 Å². The van der Waals surface area contributed by atoms with Gasteiger partial charge in [0.15, 0.2) is 0 Å². The van der Waals surface area contributed by atoms with Crippen molar-refractivity contribution in [3.8, 4) is 0 Å². The van der Waals surface area contributed by atoms with E-state index in [-0.39, 0.29) is 13.2 Å². The van der Waals surface area contributed by atoms with E-state index in [9.17, 15) is 10.2 Å². The fraction of sp³-hybridized carbons (Fsp3) is 0.900. The maximum Gasteiger partial charge on any atom is 0.114 e. The Bertz CT molecular complexity index is 334. The van der Waals surface area contributed by atoms with Crippen LogP contribution in [0.1, 0.15) is 71.1 Å². The van der Waals surface area contributed by atoms with Crippen molar-refractivity contribution in [2.45, 2.75) is 95.5 Å². The Hall–Kier alpha value is -0.460. The summed E-state index contributed by atoms with van der Waals surface area (Å²) in [4.78, 5) is 0. The van der Waals surface area contributed by atoms with Gasteiger partial charge >= 0.3 is 0 Å². The number of allylic oxidation sites excluding steroid dienone is 2. The lowest BCUT2D eigenvalue weighted by Gasteiger charge is -2.23. The number of aliphatic hydroxyl groups is 3. The fourth-order valence-electron chi connectivity index (χ4n) is 3.11. The maximum atomic E-state index is 9.85. The van der Waals surface area contributed by atoms with Gasteiger partial charge in [-0.2, -0.15) is 0 Å². The van der Waals surface area contributed by atoms with Gasteiger partial charge < -0.3 is 24.8 Å². The highest BCUT2D eigenvalue weighted by Gasteiger charge is 2.40. The van der Waals surface area contributed by atoms with Gasteiger partial charge in [-0.3, -0.25) is 0 Å². The first-order valence-corrected chi connectivity index (χ1v) is 10.1. The van der Waals surface area contributed by atoms with E-state index in [1.54, 1.807) is 0 Å². The molecule has 0 aliphatic carbocycles. The van der Waals surface area contributed by atoms with Crippen molar-refractivity contribution < 1.29 is 24.8 Å². The van der Waals surface area contributed by atoms with Crippen LogP contribution in [0, 0.1) is 0 Å². The van der Waals surface area contributed by atoms with Crippen LogP contribution >= 0.6 is 0 Å². The Morgan fingerprint density at radius 1 is 1.04 bits per heavy atom. The number of unbranched alkanes of at least 4 members (excludes halogenated alkanes) is 8. The number of hydrogen-bond donors (Lipinski definition) is 3. The van der Waals surface area contributed by atoms with Crippen molar-refractivity contribution >= 4 is 0 Å². The molecule has 5 nitrogen and oxygen atoms in total. The molecule has 1 heterocycles. The summed E-state index contributed by atoms with van der Waals surface area (Å²) in [7, 11) is 0. The molecule has 1 rings (SSSR count). The van der Waals surface area contributed by atoms with Crippen molar-refractivity contribution in [2.24, 2.45) is 0 Å². The molecule has 0 aromatic heterocycles. The van der Waals surface area contributed by atoms with Gasteiger partial charge in [0.05, 0.1) is 13.2 Å². The lowest BCUT2D eigenvalue weighted by Crippen LogP contribution is -2.42. The van der Waals surface area contributed by atoms with E-state index in [2.05, 4.69) is 19.1 Å². The van der Waals surface area contributed by atoms with Gasteiger partial charge in [-0.1, -0.05) is 57.6 Å². The molecule has 4 atom stereocenters. The normalized spacial score (nSPS) is 25.0. The fourth-order valence-corrected chi connectivity index (χ4v) is 3.11. The summed E-state index contributed by atoms with van der Waals surface area (Å²) in [6.45, 7) is 2.55. The first kappa shape index (κ1) is 22.6. The lowest BCUT2D eigenvalue weighted by molar-refractivity contribution is -0.0938. The molecule has 0 bridgehead atoms. The first-order chi connectivity index (χ1) is 12.2. The van der Waals surface area contributed by atoms with Crippen LogP contribution in [0.15, 0.2) is 12.2 Å². The average molecular weight is 359 g/mol. The third-order valence-corrected chi connectivity index (χ3v) is 4.70. The standard InChI is InChI=1S/C20H38O5/c1-2-3-4-5-6-7-8-9-10-11-12-13-14-24-20-18(23)16-25-19(20)17(22)15-21/h5-6,17-23H,2-4,7-16H2,1H3/b6-5+/t17-,18+,19+,20+/m0/s1. The van der Waals surface area contributed by atoms with Gasteiger partial charge in [0.25, 0.3) is 0 Å². The highest BCUT2D eigenvalue weighted by Crippen LogP contribution is 2.21. The van der Waals surface area contributed by atoms with Crippen molar-refractivity contribution in [1.29, 1.82) is 0 Å². The Kier molecular flexibility index (Phi) is 13.3. The van der Waals surface area contributed by atoms with Crippen molar-refractivity contribution in [1.82, 2.24) is 0 Å². The monoisotopic (exact) mass is 358 g/mol. The van der Waals surface area contributed by atoms with E-state index in [0.717, 1.165) is 12.8 Å². The third-order valence-electron chi connectivity index (χ3n) is 4.70. The molecule has 5 heteroatoms. The van der Waals surface area contributed by atoms with E-state index in [1.807, 2.05) is 0 Å². The summed E-state index contributed by atoms with van der Waals surface area (Å²) in [5.74, 6) is 0. The second-order valence-electron chi connectivity index (χ2n) is 6.97. The Morgan fingerprint density at radius 3 is 2.36 bits per heavy atom. The molecule has 148 valence electrons. The molecule has 0 saturated carbocycles. The van der Waals surface area contributed by atoms with Crippen molar-refractivity contribution in [3.05, 3.63) is 12.2 Å². The minimum atomic E-state index is -1.00. The van der Waals surface area contributed by atoms with Gasteiger partial charge in [-0.25, -0.2) is 0 Å². The predicted molar refractivity (Wildman–Crippen MR) is 99.6 cm³/mol. The summed E-state index contributed by atoms with van der Waals surface area (Å²) in [5.41, 5.74) is 0. The molecule has 1 fully saturated rings. The van der Waals surface area contributed by atoms with E-state index < -0.39 is 24.4 Å². The number of hydrogen-bond acceptors (Lipinski definition) is 5. The number of rotatable bonds is 15. The second-order valence-corrected chi connectivity index (χ2v) is 6.97. The molecule has 0 aromatic carbocycles. The van der Waals surface area contributed by atoms with E-state index >= 15 is 0 Å². The van der Waals surface area contributed by atoms with Gasteiger partial charge in [0.1, 0.15) is 24.4 Å². The minimum Gasteiger partial charge on any atom is -0.394 e. The summed E-state index contributed by atoms with van der Waals surface area (Å²) >= 11 is 0.